The van der Waals surface area contributed by atoms with Crippen molar-refractivity contribution < 1.29 is 4.74 Å². The van der Waals surface area contributed by atoms with Crippen molar-refractivity contribution in [1.29, 1.82) is 0 Å². The molecule has 0 spiro atoms. The maximum Gasteiger partial charge on any atom is 0.256 e. The van der Waals surface area contributed by atoms with Crippen LogP contribution >= 0.6 is 27.7 Å². The third-order valence-electron chi connectivity index (χ3n) is 3.61. The minimum absolute atomic E-state index is 0.0526. The van der Waals surface area contributed by atoms with Gasteiger partial charge < -0.3 is 9.72 Å². The zero-order valence-corrected chi connectivity index (χ0v) is 15.0. The SMILES string of the molecule is O=c1[nH]c(SCc2cccc(Br)c2)ncc1CN1CCOCC1. The first-order valence-electron chi connectivity index (χ1n) is 7.46. The second-order valence-corrected chi connectivity index (χ2v) is 7.23. The zero-order chi connectivity index (χ0) is 16.1. The fourth-order valence-corrected chi connectivity index (χ4v) is 3.59. The number of halogens is 1. The first kappa shape index (κ1) is 16.7. The molecule has 0 atom stereocenters. The molecule has 0 amide bonds. The number of nitrogens with zero attached hydrogens (tertiary/aromatic N) is 2. The highest BCUT2D eigenvalue weighted by Gasteiger charge is 2.13. The molecule has 0 saturated carbocycles. The van der Waals surface area contributed by atoms with E-state index < -0.39 is 0 Å². The molecule has 1 N–H and O–H groups in total. The smallest absolute Gasteiger partial charge is 0.256 e. The summed E-state index contributed by atoms with van der Waals surface area (Å²) < 4.78 is 6.37. The molecular weight excluding hydrogens is 378 g/mol. The summed E-state index contributed by atoms with van der Waals surface area (Å²) in [6.07, 6.45) is 1.69. The fourth-order valence-electron chi connectivity index (χ4n) is 2.37. The molecule has 1 aliphatic heterocycles. The second kappa shape index (κ2) is 8.10. The molecule has 5 nitrogen and oxygen atoms in total. The summed E-state index contributed by atoms with van der Waals surface area (Å²) in [5.74, 6) is 0.769. The molecule has 2 heterocycles. The van der Waals surface area contributed by atoms with Gasteiger partial charge in [0.15, 0.2) is 5.16 Å². The Morgan fingerprint density at radius 2 is 2.17 bits per heavy atom. The van der Waals surface area contributed by atoms with Gasteiger partial charge in [-0.1, -0.05) is 39.8 Å². The minimum atomic E-state index is -0.0526. The van der Waals surface area contributed by atoms with Crippen molar-refractivity contribution in [1.82, 2.24) is 14.9 Å². The van der Waals surface area contributed by atoms with Crippen LogP contribution in [-0.4, -0.2) is 41.2 Å². The van der Waals surface area contributed by atoms with Crippen molar-refractivity contribution in [3.63, 3.8) is 0 Å². The van der Waals surface area contributed by atoms with Crippen LogP contribution < -0.4 is 5.56 Å². The van der Waals surface area contributed by atoms with Crippen LogP contribution in [0.3, 0.4) is 0 Å². The quantitative estimate of drug-likeness (QED) is 0.622. The van der Waals surface area contributed by atoms with Crippen LogP contribution in [-0.2, 0) is 17.0 Å². The number of H-pyrrole nitrogens is 1. The monoisotopic (exact) mass is 395 g/mol. The lowest BCUT2D eigenvalue weighted by molar-refractivity contribution is 0.0339. The molecule has 0 unspecified atom stereocenters. The van der Waals surface area contributed by atoms with Gasteiger partial charge in [0.1, 0.15) is 0 Å². The van der Waals surface area contributed by atoms with Gasteiger partial charge in [-0.25, -0.2) is 4.98 Å². The number of aromatic amines is 1. The zero-order valence-electron chi connectivity index (χ0n) is 12.6. The first-order valence-corrected chi connectivity index (χ1v) is 9.24. The van der Waals surface area contributed by atoms with Crippen molar-refractivity contribution in [2.24, 2.45) is 0 Å². The summed E-state index contributed by atoms with van der Waals surface area (Å²) in [7, 11) is 0. The number of aromatic nitrogens is 2. The van der Waals surface area contributed by atoms with E-state index in [2.05, 4.69) is 42.9 Å². The fraction of sp³-hybridized carbons (Fsp3) is 0.375. The van der Waals surface area contributed by atoms with Gasteiger partial charge in [-0.3, -0.25) is 9.69 Å². The van der Waals surface area contributed by atoms with Crippen LogP contribution in [0.15, 0.2) is 44.9 Å². The minimum Gasteiger partial charge on any atom is -0.379 e. The predicted octanol–water partition coefficient (Wildman–Crippen LogP) is 2.66. The van der Waals surface area contributed by atoms with Gasteiger partial charge in [-0.15, -0.1) is 0 Å². The normalized spacial score (nSPS) is 15.7. The number of hydrogen-bond donors (Lipinski definition) is 1. The Kier molecular flexibility index (Phi) is 5.88. The molecule has 0 bridgehead atoms. The van der Waals surface area contributed by atoms with Gasteiger partial charge in [0.2, 0.25) is 0 Å². The summed E-state index contributed by atoms with van der Waals surface area (Å²) >= 11 is 4.99. The number of benzene rings is 1. The summed E-state index contributed by atoms with van der Waals surface area (Å²) in [6.45, 7) is 3.80. The molecule has 2 aromatic rings. The van der Waals surface area contributed by atoms with Crippen LogP contribution in [0.25, 0.3) is 0 Å². The second-order valence-electron chi connectivity index (χ2n) is 5.35. The van der Waals surface area contributed by atoms with Gasteiger partial charge in [0.25, 0.3) is 5.56 Å². The van der Waals surface area contributed by atoms with Crippen LogP contribution in [0.1, 0.15) is 11.1 Å². The van der Waals surface area contributed by atoms with E-state index in [0.29, 0.717) is 17.3 Å². The number of morpholine rings is 1. The average molecular weight is 396 g/mol. The standard InChI is InChI=1S/C16H18BrN3O2S/c17-14-3-1-2-12(8-14)11-23-16-18-9-13(15(21)19-16)10-20-4-6-22-7-5-20/h1-3,8-9H,4-7,10-11H2,(H,18,19,21). The lowest BCUT2D eigenvalue weighted by atomic mass is 10.2. The van der Waals surface area contributed by atoms with Crippen molar-refractivity contribution in [2.45, 2.75) is 17.5 Å². The molecule has 1 aromatic heterocycles. The van der Waals surface area contributed by atoms with E-state index in [1.807, 2.05) is 12.1 Å². The van der Waals surface area contributed by atoms with Crippen molar-refractivity contribution in [2.75, 3.05) is 26.3 Å². The number of thioether (sulfide) groups is 1. The Morgan fingerprint density at radius 3 is 2.91 bits per heavy atom. The molecule has 0 radical (unpaired) electrons. The number of nitrogens with one attached hydrogen (secondary N) is 1. The summed E-state index contributed by atoms with van der Waals surface area (Å²) in [5, 5.41) is 0.653. The Bertz CT molecular complexity index is 716. The summed E-state index contributed by atoms with van der Waals surface area (Å²) in [6, 6.07) is 8.12. The molecule has 23 heavy (non-hydrogen) atoms. The third-order valence-corrected chi connectivity index (χ3v) is 5.06. The van der Waals surface area contributed by atoms with Gasteiger partial charge in [-0.05, 0) is 17.7 Å². The highest BCUT2D eigenvalue weighted by atomic mass is 79.9. The Labute approximate surface area is 147 Å². The van der Waals surface area contributed by atoms with Crippen LogP contribution in [0.4, 0.5) is 0 Å². The molecule has 1 saturated heterocycles. The predicted molar refractivity (Wildman–Crippen MR) is 94.7 cm³/mol. The lowest BCUT2D eigenvalue weighted by Crippen LogP contribution is -2.37. The van der Waals surface area contributed by atoms with E-state index in [1.54, 1.807) is 6.20 Å². The van der Waals surface area contributed by atoms with Gasteiger partial charge >= 0.3 is 0 Å². The molecule has 7 heteroatoms. The van der Waals surface area contributed by atoms with E-state index in [9.17, 15) is 4.79 Å². The molecule has 1 fully saturated rings. The van der Waals surface area contributed by atoms with E-state index in [0.717, 1.165) is 36.5 Å². The number of rotatable bonds is 5. The molecule has 0 aliphatic carbocycles. The van der Waals surface area contributed by atoms with Crippen molar-refractivity contribution in [3.05, 3.63) is 56.4 Å². The Balaban J connectivity index is 1.61. The summed E-state index contributed by atoms with van der Waals surface area (Å²) in [4.78, 5) is 21.7. The van der Waals surface area contributed by atoms with Crippen LogP contribution in [0.5, 0.6) is 0 Å². The Hall–Kier alpha value is -1.15. The summed E-state index contributed by atoms with van der Waals surface area (Å²) in [5.41, 5.74) is 1.84. The average Bonchev–Trinajstić information content (AvgIpc) is 2.56. The van der Waals surface area contributed by atoms with Crippen molar-refractivity contribution in [3.8, 4) is 0 Å². The molecule has 1 aromatic carbocycles. The molecule has 3 rings (SSSR count). The van der Waals surface area contributed by atoms with E-state index in [-0.39, 0.29) is 5.56 Å². The Morgan fingerprint density at radius 1 is 1.35 bits per heavy atom. The van der Waals surface area contributed by atoms with E-state index >= 15 is 0 Å². The van der Waals surface area contributed by atoms with Gasteiger partial charge in [0, 0.05) is 41.6 Å². The van der Waals surface area contributed by atoms with E-state index in [1.165, 1.54) is 17.3 Å². The molecule has 1 aliphatic rings. The van der Waals surface area contributed by atoms with E-state index in [4.69, 9.17) is 4.74 Å². The third kappa shape index (κ3) is 4.91. The largest absolute Gasteiger partial charge is 0.379 e. The number of ether oxygens (including phenoxy) is 1. The molecule has 122 valence electrons. The van der Waals surface area contributed by atoms with Gasteiger partial charge in [0.05, 0.1) is 13.2 Å². The highest BCUT2D eigenvalue weighted by molar-refractivity contribution is 9.10. The maximum atomic E-state index is 12.2. The van der Waals surface area contributed by atoms with Gasteiger partial charge in [-0.2, -0.15) is 0 Å². The van der Waals surface area contributed by atoms with Crippen molar-refractivity contribution >= 4 is 27.7 Å². The molecular formula is C16H18BrN3O2S. The van der Waals surface area contributed by atoms with Crippen LogP contribution in [0.2, 0.25) is 0 Å². The number of hydrogen-bond acceptors (Lipinski definition) is 5. The highest BCUT2D eigenvalue weighted by Crippen LogP contribution is 2.20. The maximum absolute atomic E-state index is 12.2. The lowest BCUT2D eigenvalue weighted by Gasteiger charge is -2.26. The topological polar surface area (TPSA) is 58.2 Å². The first-order chi connectivity index (χ1) is 11.2. The van der Waals surface area contributed by atoms with Crippen LogP contribution in [0, 0.1) is 0 Å².